The first-order valence-electron chi connectivity index (χ1n) is 6.56. The highest BCUT2D eigenvalue weighted by atomic mass is 35.5. The highest BCUT2D eigenvalue weighted by molar-refractivity contribution is 7.98. The monoisotopic (exact) mass is 324 g/mol. The van der Waals surface area contributed by atoms with Crippen LogP contribution in [0, 0.1) is 0 Å². The Morgan fingerprint density at radius 1 is 1.52 bits per heavy atom. The van der Waals surface area contributed by atoms with Gasteiger partial charge in [0.05, 0.1) is 18.1 Å². The second kappa shape index (κ2) is 7.47. The van der Waals surface area contributed by atoms with E-state index in [1.54, 1.807) is 39.9 Å². The van der Waals surface area contributed by atoms with Gasteiger partial charge in [0.2, 0.25) is 5.91 Å². The van der Waals surface area contributed by atoms with E-state index in [0.717, 1.165) is 17.9 Å². The lowest BCUT2D eigenvalue weighted by Gasteiger charge is -2.19. The Morgan fingerprint density at radius 2 is 2.33 bits per heavy atom. The summed E-state index contributed by atoms with van der Waals surface area (Å²) in [6, 6.07) is 3.71. The summed E-state index contributed by atoms with van der Waals surface area (Å²) < 4.78 is 1.63. The maximum absolute atomic E-state index is 11.8. The molecule has 7 heteroatoms. The van der Waals surface area contributed by atoms with Gasteiger partial charge in [-0.15, -0.1) is 0 Å². The van der Waals surface area contributed by atoms with Gasteiger partial charge in [-0.3, -0.25) is 9.78 Å². The van der Waals surface area contributed by atoms with Crippen LogP contribution in [0.15, 0.2) is 30.7 Å². The Labute approximate surface area is 133 Å². The largest absolute Gasteiger partial charge is 0.308 e. The molecular formula is C14H17ClN4OS. The van der Waals surface area contributed by atoms with Gasteiger partial charge in [-0.1, -0.05) is 11.6 Å². The van der Waals surface area contributed by atoms with Crippen molar-refractivity contribution >= 4 is 35.0 Å². The first kappa shape index (κ1) is 15.9. The zero-order valence-corrected chi connectivity index (χ0v) is 13.6. The number of nitrogens with zero attached hydrogens (tertiary/aromatic N) is 4. The molecule has 0 aliphatic heterocycles. The number of carbonyl (C=O) groups excluding carboxylic acids is 1. The van der Waals surface area contributed by atoms with Gasteiger partial charge in [-0.25, -0.2) is 4.68 Å². The van der Waals surface area contributed by atoms with Crippen LogP contribution in [0.2, 0.25) is 5.15 Å². The molecule has 0 radical (unpaired) electrons. The van der Waals surface area contributed by atoms with Crippen LogP contribution in [0.1, 0.15) is 13.3 Å². The van der Waals surface area contributed by atoms with Crippen molar-refractivity contribution in [2.24, 2.45) is 0 Å². The van der Waals surface area contributed by atoms with Crippen molar-refractivity contribution in [1.82, 2.24) is 14.8 Å². The van der Waals surface area contributed by atoms with Crippen LogP contribution in [0.4, 0.5) is 5.69 Å². The van der Waals surface area contributed by atoms with Gasteiger partial charge < -0.3 is 4.90 Å². The lowest BCUT2D eigenvalue weighted by Crippen LogP contribution is -2.29. The van der Waals surface area contributed by atoms with Crippen molar-refractivity contribution in [3.8, 4) is 5.69 Å². The van der Waals surface area contributed by atoms with Crippen LogP contribution >= 0.6 is 23.4 Å². The van der Waals surface area contributed by atoms with Crippen LogP contribution < -0.4 is 4.90 Å². The number of anilines is 1. The molecule has 0 aliphatic rings. The summed E-state index contributed by atoms with van der Waals surface area (Å²) in [4.78, 5) is 17.6. The summed E-state index contributed by atoms with van der Waals surface area (Å²) >= 11 is 7.95. The van der Waals surface area contributed by atoms with E-state index in [2.05, 4.69) is 10.1 Å². The molecule has 0 unspecified atom stereocenters. The number of amides is 1. The lowest BCUT2D eigenvalue weighted by molar-refractivity contribution is -0.116. The number of thioether (sulfide) groups is 1. The first-order valence-corrected chi connectivity index (χ1v) is 8.33. The van der Waals surface area contributed by atoms with Crippen LogP contribution in [0.3, 0.4) is 0 Å². The molecule has 2 aromatic heterocycles. The highest BCUT2D eigenvalue weighted by Crippen LogP contribution is 2.26. The van der Waals surface area contributed by atoms with Gasteiger partial charge in [0.15, 0.2) is 5.15 Å². The Balaban J connectivity index is 2.25. The second-order valence-corrected chi connectivity index (χ2v) is 5.82. The first-order chi connectivity index (χ1) is 10.1. The van der Waals surface area contributed by atoms with E-state index in [1.165, 1.54) is 6.92 Å². The maximum atomic E-state index is 11.8. The van der Waals surface area contributed by atoms with Crippen LogP contribution in [0.5, 0.6) is 0 Å². The summed E-state index contributed by atoms with van der Waals surface area (Å²) in [6.45, 7) is 2.17. The summed E-state index contributed by atoms with van der Waals surface area (Å²) in [5.41, 5.74) is 1.44. The minimum atomic E-state index is -0.0382. The van der Waals surface area contributed by atoms with Gasteiger partial charge in [0, 0.05) is 19.7 Å². The summed E-state index contributed by atoms with van der Waals surface area (Å²) in [5, 5.41) is 4.57. The van der Waals surface area contributed by atoms with E-state index >= 15 is 0 Å². The maximum Gasteiger partial charge on any atom is 0.223 e. The predicted octanol–water partition coefficient (Wildman–Crippen LogP) is 3.03. The molecule has 2 aromatic rings. The molecule has 0 spiro atoms. The van der Waals surface area contributed by atoms with E-state index in [-0.39, 0.29) is 5.91 Å². The zero-order chi connectivity index (χ0) is 15.2. The fourth-order valence-electron chi connectivity index (χ4n) is 1.96. The van der Waals surface area contributed by atoms with Gasteiger partial charge in [-0.2, -0.15) is 16.9 Å². The molecule has 1 amide bonds. The topological polar surface area (TPSA) is 51.0 Å². The molecule has 0 fully saturated rings. The van der Waals surface area contributed by atoms with Gasteiger partial charge in [0.25, 0.3) is 0 Å². The van der Waals surface area contributed by atoms with Crippen molar-refractivity contribution in [1.29, 1.82) is 0 Å². The van der Waals surface area contributed by atoms with Gasteiger partial charge in [0.1, 0.15) is 5.69 Å². The molecule has 112 valence electrons. The second-order valence-electron chi connectivity index (χ2n) is 4.48. The van der Waals surface area contributed by atoms with E-state index in [4.69, 9.17) is 11.6 Å². The third-order valence-electron chi connectivity index (χ3n) is 2.96. The normalized spacial score (nSPS) is 10.6. The summed E-state index contributed by atoms with van der Waals surface area (Å²) in [7, 11) is 0. The van der Waals surface area contributed by atoms with Gasteiger partial charge in [-0.05, 0) is 30.6 Å². The lowest BCUT2D eigenvalue weighted by atomic mass is 10.3. The molecule has 0 saturated heterocycles. The molecule has 21 heavy (non-hydrogen) atoms. The molecular weight excluding hydrogens is 308 g/mol. The average Bonchev–Trinajstić information content (AvgIpc) is 2.86. The number of pyridine rings is 1. The summed E-state index contributed by atoms with van der Waals surface area (Å²) in [6.07, 6.45) is 8.11. The van der Waals surface area contributed by atoms with Crippen molar-refractivity contribution in [2.45, 2.75) is 13.3 Å². The quantitative estimate of drug-likeness (QED) is 0.766. The molecule has 0 N–H and O–H groups in total. The molecule has 0 bridgehead atoms. The Morgan fingerprint density at radius 3 is 2.95 bits per heavy atom. The molecule has 0 aromatic carbocycles. The van der Waals surface area contributed by atoms with Crippen molar-refractivity contribution in [2.75, 3.05) is 23.5 Å². The van der Waals surface area contributed by atoms with Crippen molar-refractivity contribution in [3.05, 3.63) is 35.9 Å². The average molecular weight is 325 g/mol. The summed E-state index contributed by atoms with van der Waals surface area (Å²) in [5.74, 6) is 0.960. The Bertz CT molecular complexity index is 602. The smallest absolute Gasteiger partial charge is 0.223 e. The standard InChI is InChI=1S/C14H17ClN4OS/c1-11(20)18(7-4-8-21-2)13-10-19(17-14(13)15)12-5-3-6-16-9-12/h3,5-6,9-10H,4,7-8H2,1-2H3. The molecule has 0 atom stereocenters. The molecule has 5 nitrogen and oxygen atoms in total. The van der Waals surface area contributed by atoms with E-state index in [0.29, 0.717) is 17.4 Å². The number of rotatable bonds is 6. The number of halogens is 1. The Kier molecular flexibility index (Phi) is 5.64. The van der Waals surface area contributed by atoms with Crippen molar-refractivity contribution < 1.29 is 4.79 Å². The zero-order valence-electron chi connectivity index (χ0n) is 12.0. The van der Waals surface area contributed by atoms with Crippen LogP contribution in [-0.2, 0) is 4.79 Å². The van der Waals surface area contributed by atoms with Crippen LogP contribution in [0.25, 0.3) is 5.69 Å². The van der Waals surface area contributed by atoms with E-state index in [9.17, 15) is 4.79 Å². The van der Waals surface area contributed by atoms with Crippen LogP contribution in [-0.4, -0.2) is 39.2 Å². The fourth-order valence-corrected chi connectivity index (χ4v) is 2.61. The SMILES string of the molecule is CSCCCN(C(C)=O)c1cn(-c2cccnc2)nc1Cl. The highest BCUT2D eigenvalue weighted by Gasteiger charge is 2.18. The van der Waals surface area contributed by atoms with Crippen molar-refractivity contribution in [3.63, 3.8) is 0 Å². The van der Waals surface area contributed by atoms with E-state index < -0.39 is 0 Å². The van der Waals surface area contributed by atoms with Gasteiger partial charge >= 0.3 is 0 Å². The number of aromatic nitrogens is 3. The third kappa shape index (κ3) is 3.98. The fraction of sp³-hybridized carbons (Fsp3) is 0.357. The number of carbonyl (C=O) groups is 1. The molecule has 0 saturated carbocycles. The molecule has 2 rings (SSSR count). The number of hydrogen-bond donors (Lipinski definition) is 0. The third-order valence-corrected chi connectivity index (χ3v) is 3.93. The number of hydrogen-bond acceptors (Lipinski definition) is 4. The molecule has 0 aliphatic carbocycles. The molecule has 2 heterocycles. The predicted molar refractivity (Wildman–Crippen MR) is 87.4 cm³/mol. The van der Waals surface area contributed by atoms with E-state index in [1.807, 2.05) is 18.4 Å². The Hall–Kier alpha value is -1.53. The minimum absolute atomic E-state index is 0.0382. The minimum Gasteiger partial charge on any atom is -0.308 e.